The minimum Gasteiger partial charge on any atom is -0.268 e. The second-order valence-corrected chi connectivity index (χ2v) is 4.83. The summed E-state index contributed by atoms with van der Waals surface area (Å²) in [5.41, 5.74) is 6.03. The highest BCUT2D eigenvalue weighted by Crippen LogP contribution is 2.25. The molecule has 0 saturated carbocycles. The molecule has 0 radical (unpaired) electrons. The summed E-state index contributed by atoms with van der Waals surface area (Å²) in [6, 6.07) is 8.49. The van der Waals surface area contributed by atoms with Gasteiger partial charge in [-0.2, -0.15) is 5.10 Å². The molecule has 2 aromatic rings. The van der Waals surface area contributed by atoms with Crippen molar-refractivity contribution in [3.63, 3.8) is 0 Å². The van der Waals surface area contributed by atoms with Gasteiger partial charge in [-0.3, -0.25) is 4.68 Å². The zero-order valence-corrected chi connectivity index (χ0v) is 11.4. The van der Waals surface area contributed by atoms with Crippen LogP contribution in [-0.4, -0.2) is 9.78 Å². The lowest BCUT2D eigenvalue weighted by Gasteiger charge is -2.05. The van der Waals surface area contributed by atoms with E-state index < -0.39 is 0 Å². The highest BCUT2D eigenvalue weighted by Gasteiger charge is 2.10. The molecule has 0 N–H and O–H groups in total. The Morgan fingerprint density at radius 1 is 1.33 bits per heavy atom. The van der Waals surface area contributed by atoms with Crippen LogP contribution in [0.3, 0.4) is 0 Å². The van der Waals surface area contributed by atoms with Crippen molar-refractivity contribution in [1.82, 2.24) is 9.78 Å². The van der Waals surface area contributed by atoms with Gasteiger partial charge in [-0.15, -0.1) is 0 Å². The lowest BCUT2D eigenvalue weighted by atomic mass is 10.0. The predicted molar refractivity (Wildman–Crippen MR) is 76.6 cm³/mol. The van der Waals surface area contributed by atoms with Crippen molar-refractivity contribution in [2.45, 2.75) is 33.7 Å². The van der Waals surface area contributed by atoms with E-state index in [1.165, 1.54) is 16.7 Å². The average molecular weight is 240 g/mol. The molecule has 0 bridgehead atoms. The summed E-state index contributed by atoms with van der Waals surface area (Å²) >= 11 is 0. The van der Waals surface area contributed by atoms with Crippen LogP contribution in [0.15, 0.2) is 42.6 Å². The molecule has 0 saturated heterocycles. The fourth-order valence-corrected chi connectivity index (χ4v) is 2.20. The van der Waals surface area contributed by atoms with E-state index in [1.807, 2.05) is 11.6 Å². The van der Waals surface area contributed by atoms with Crippen LogP contribution in [0.25, 0.3) is 11.3 Å². The van der Waals surface area contributed by atoms with Crippen molar-refractivity contribution in [2.24, 2.45) is 0 Å². The van der Waals surface area contributed by atoms with Crippen LogP contribution in [0, 0.1) is 6.92 Å². The van der Waals surface area contributed by atoms with E-state index in [9.17, 15) is 0 Å². The summed E-state index contributed by atoms with van der Waals surface area (Å²) in [5, 5.41) is 4.68. The van der Waals surface area contributed by atoms with Crippen molar-refractivity contribution in [3.8, 4) is 11.3 Å². The van der Waals surface area contributed by atoms with Gasteiger partial charge in [-0.1, -0.05) is 43.3 Å². The molecular weight excluding hydrogens is 220 g/mol. The van der Waals surface area contributed by atoms with Crippen molar-refractivity contribution in [2.75, 3.05) is 0 Å². The van der Waals surface area contributed by atoms with Crippen molar-refractivity contribution < 1.29 is 0 Å². The van der Waals surface area contributed by atoms with E-state index >= 15 is 0 Å². The monoisotopic (exact) mass is 240 g/mol. The van der Waals surface area contributed by atoms with E-state index in [0.717, 1.165) is 24.2 Å². The Labute approximate surface area is 109 Å². The molecule has 0 aliphatic carbocycles. The van der Waals surface area contributed by atoms with Gasteiger partial charge in [0.25, 0.3) is 0 Å². The van der Waals surface area contributed by atoms with Gasteiger partial charge in [0.2, 0.25) is 0 Å². The third-order valence-corrected chi connectivity index (χ3v) is 3.03. The van der Waals surface area contributed by atoms with Crippen molar-refractivity contribution in [3.05, 3.63) is 53.7 Å². The van der Waals surface area contributed by atoms with Crippen LogP contribution in [0.1, 0.15) is 25.0 Å². The fraction of sp³-hybridized carbons (Fsp3) is 0.312. The number of allylic oxidation sites excluding steroid dienone is 1. The molecule has 0 fully saturated rings. The molecule has 94 valence electrons. The highest BCUT2D eigenvalue weighted by molar-refractivity contribution is 5.66. The normalized spacial score (nSPS) is 10.6. The van der Waals surface area contributed by atoms with Crippen molar-refractivity contribution in [1.29, 1.82) is 0 Å². The molecule has 0 aliphatic rings. The molecule has 0 amide bonds. The first-order chi connectivity index (χ1) is 8.61. The summed E-state index contributed by atoms with van der Waals surface area (Å²) in [5.74, 6) is 0. The zero-order valence-electron chi connectivity index (χ0n) is 11.4. The third-order valence-electron chi connectivity index (χ3n) is 3.03. The third kappa shape index (κ3) is 2.53. The fourth-order valence-electron chi connectivity index (χ4n) is 2.20. The second-order valence-electron chi connectivity index (χ2n) is 4.83. The highest BCUT2D eigenvalue weighted by atomic mass is 15.3. The molecule has 0 unspecified atom stereocenters. The van der Waals surface area contributed by atoms with Gasteiger partial charge in [0.1, 0.15) is 0 Å². The lowest BCUT2D eigenvalue weighted by molar-refractivity contribution is 0.680. The van der Waals surface area contributed by atoms with Gasteiger partial charge in [-0.05, 0) is 31.4 Å². The largest absolute Gasteiger partial charge is 0.268 e. The van der Waals surface area contributed by atoms with E-state index in [4.69, 9.17) is 0 Å². The molecule has 2 heteroatoms. The Hall–Kier alpha value is -1.83. The van der Waals surface area contributed by atoms with Gasteiger partial charge in [0, 0.05) is 11.8 Å². The summed E-state index contributed by atoms with van der Waals surface area (Å²) in [4.78, 5) is 0. The molecule has 0 atom stereocenters. The Morgan fingerprint density at radius 2 is 2.06 bits per heavy atom. The Kier molecular flexibility index (Phi) is 3.66. The summed E-state index contributed by atoms with van der Waals surface area (Å²) < 4.78 is 1.97. The van der Waals surface area contributed by atoms with Crippen LogP contribution < -0.4 is 0 Å². The summed E-state index contributed by atoms with van der Waals surface area (Å²) in [7, 11) is 0. The van der Waals surface area contributed by atoms with Crippen LogP contribution in [-0.2, 0) is 13.0 Å². The molecule has 2 rings (SSSR count). The van der Waals surface area contributed by atoms with E-state index in [0.29, 0.717) is 0 Å². The minimum atomic E-state index is 0.787. The smallest absolute Gasteiger partial charge is 0.0955 e. The maximum Gasteiger partial charge on any atom is 0.0955 e. The minimum absolute atomic E-state index is 0.787. The number of benzene rings is 1. The molecule has 1 heterocycles. The van der Waals surface area contributed by atoms with Gasteiger partial charge < -0.3 is 0 Å². The quantitative estimate of drug-likeness (QED) is 0.739. The van der Waals surface area contributed by atoms with Crippen molar-refractivity contribution >= 4 is 0 Å². The standard InChI is InChI=1S/C16H20N2/c1-5-14-8-6-7-9-15(14)16-13(4)11-18(17-16)10-12(2)3/h6-9,11H,2,5,10H2,1,3-4H3. The summed E-state index contributed by atoms with van der Waals surface area (Å²) in [6.07, 6.45) is 3.12. The second kappa shape index (κ2) is 5.21. The SMILES string of the molecule is C=C(C)Cn1cc(C)c(-c2ccccc2CC)n1. The van der Waals surface area contributed by atoms with Crippen LogP contribution in [0.5, 0.6) is 0 Å². The number of nitrogens with zero attached hydrogens (tertiary/aromatic N) is 2. The van der Waals surface area contributed by atoms with Gasteiger partial charge >= 0.3 is 0 Å². The maximum absolute atomic E-state index is 4.68. The first kappa shape index (κ1) is 12.6. The van der Waals surface area contributed by atoms with Crippen LogP contribution in [0.4, 0.5) is 0 Å². The molecule has 1 aromatic carbocycles. The lowest BCUT2D eigenvalue weighted by Crippen LogP contribution is -1.99. The molecule has 0 aliphatic heterocycles. The number of aryl methyl sites for hydroxylation is 2. The Bertz CT molecular complexity index is 564. The molecule has 18 heavy (non-hydrogen) atoms. The Morgan fingerprint density at radius 3 is 2.72 bits per heavy atom. The van der Waals surface area contributed by atoms with Crippen LogP contribution >= 0.6 is 0 Å². The first-order valence-electron chi connectivity index (χ1n) is 6.38. The number of hydrogen-bond acceptors (Lipinski definition) is 1. The van der Waals surface area contributed by atoms with Gasteiger partial charge in [-0.25, -0.2) is 0 Å². The predicted octanol–water partition coefficient (Wildman–Crippen LogP) is 4.00. The molecule has 1 aromatic heterocycles. The van der Waals surface area contributed by atoms with Gasteiger partial charge in [0.05, 0.1) is 12.2 Å². The molecule has 0 spiro atoms. The average Bonchev–Trinajstić information content (AvgIpc) is 2.69. The number of hydrogen-bond donors (Lipinski definition) is 0. The maximum atomic E-state index is 4.68. The Balaban J connectivity index is 2.44. The first-order valence-corrected chi connectivity index (χ1v) is 6.38. The molecular formula is C16H20N2. The zero-order chi connectivity index (χ0) is 13.1. The number of rotatable bonds is 4. The summed E-state index contributed by atoms with van der Waals surface area (Å²) in [6.45, 7) is 11.0. The molecule has 2 nitrogen and oxygen atoms in total. The van der Waals surface area contributed by atoms with Gasteiger partial charge in [0.15, 0.2) is 0 Å². The number of aromatic nitrogens is 2. The van der Waals surface area contributed by atoms with Crippen LogP contribution in [0.2, 0.25) is 0 Å². The van der Waals surface area contributed by atoms with E-state index in [2.05, 4.69) is 56.0 Å². The van der Waals surface area contributed by atoms with E-state index in [-0.39, 0.29) is 0 Å². The topological polar surface area (TPSA) is 17.8 Å². The van der Waals surface area contributed by atoms with E-state index in [1.54, 1.807) is 0 Å².